The molecular weight excluding hydrogens is 472 g/mol. The van der Waals surface area contributed by atoms with Crippen LogP contribution in [0.1, 0.15) is 96.4 Å². The fourth-order valence-electron chi connectivity index (χ4n) is 4.34. The van der Waals surface area contributed by atoms with Gasteiger partial charge in [-0.1, -0.05) is 23.8 Å². The molecule has 4 N–H and O–H groups in total. The highest BCUT2D eigenvalue weighted by molar-refractivity contribution is 5.93. The van der Waals surface area contributed by atoms with E-state index in [9.17, 15) is 19.2 Å². The Morgan fingerprint density at radius 1 is 1.08 bits per heavy atom. The number of alkyl carbamates (subject to hydrolysis) is 1. The van der Waals surface area contributed by atoms with Crippen molar-refractivity contribution in [3.63, 3.8) is 0 Å². The Balaban J connectivity index is 2.56. The van der Waals surface area contributed by atoms with Gasteiger partial charge in [0.05, 0.1) is 0 Å². The molecule has 0 radical (unpaired) electrons. The summed E-state index contributed by atoms with van der Waals surface area (Å²) in [4.78, 5) is 53.8. The summed E-state index contributed by atoms with van der Waals surface area (Å²) in [5, 5.41) is 5.68. The topological polar surface area (TPSA) is 131 Å². The molecule has 1 aromatic rings. The summed E-state index contributed by atoms with van der Waals surface area (Å²) < 4.78 is 5.38. The van der Waals surface area contributed by atoms with Crippen LogP contribution in [0.3, 0.4) is 0 Å². The highest BCUT2D eigenvalue weighted by Gasteiger charge is 2.43. The van der Waals surface area contributed by atoms with Crippen LogP contribution in [0.25, 0.3) is 0 Å². The Morgan fingerprint density at radius 2 is 1.70 bits per heavy atom. The smallest absolute Gasteiger partial charge is 0.408 e. The second-order valence-electron chi connectivity index (χ2n) is 12.0. The Labute approximate surface area is 220 Å². The fraction of sp³-hybridized carbons (Fsp3) is 0.643. The zero-order valence-electron chi connectivity index (χ0n) is 23.6. The molecule has 1 saturated carbocycles. The predicted octanol–water partition coefficient (Wildman–Crippen LogP) is 3.80. The Morgan fingerprint density at radius 3 is 2.16 bits per heavy atom. The maximum atomic E-state index is 14.2. The van der Waals surface area contributed by atoms with Crippen molar-refractivity contribution in [2.75, 3.05) is 0 Å². The lowest BCUT2D eigenvalue weighted by Gasteiger charge is -2.44. The third-order valence-electron chi connectivity index (χ3n) is 6.14. The second-order valence-corrected chi connectivity index (χ2v) is 12.0. The number of benzene rings is 1. The number of nitrogens with zero attached hydrogens (tertiary/aromatic N) is 1. The molecule has 2 atom stereocenters. The number of carbonyl (C=O) groups excluding carboxylic acids is 4. The number of primary amides is 1. The van der Waals surface area contributed by atoms with Crippen LogP contribution in [-0.2, 0) is 19.1 Å². The summed E-state index contributed by atoms with van der Waals surface area (Å²) in [7, 11) is 0. The van der Waals surface area contributed by atoms with E-state index in [0.29, 0.717) is 0 Å². The van der Waals surface area contributed by atoms with E-state index in [4.69, 9.17) is 10.5 Å². The molecular formula is C28H44N4O5. The van der Waals surface area contributed by atoms with E-state index in [2.05, 4.69) is 10.6 Å². The van der Waals surface area contributed by atoms with Crippen LogP contribution in [-0.4, -0.2) is 51.9 Å². The lowest BCUT2D eigenvalue weighted by atomic mass is 9.86. The van der Waals surface area contributed by atoms with Crippen LogP contribution in [0.4, 0.5) is 4.79 Å². The molecule has 37 heavy (non-hydrogen) atoms. The summed E-state index contributed by atoms with van der Waals surface area (Å²) >= 11 is 0. The molecule has 9 nitrogen and oxygen atoms in total. The lowest BCUT2D eigenvalue weighted by Crippen LogP contribution is -2.58. The van der Waals surface area contributed by atoms with E-state index in [-0.39, 0.29) is 24.8 Å². The summed E-state index contributed by atoms with van der Waals surface area (Å²) in [6.07, 6.45) is 1.53. The molecule has 1 aromatic carbocycles. The van der Waals surface area contributed by atoms with Gasteiger partial charge in [0.1, 0.15) is 17.7 Å². The van der Waals surface area contributed by atoms with Gasteiger partial charge in [-0.25, -0.2) is 4.79 Å². The van der Waals surface area contributed by atoms with Crippen molar-refractivity contribution >= 4 is 23.8 Å². The summed E-state index contributed by atoms with van der Waals surface area (Å²) in [5.41, 5.74) is 6.73. The van der Waals surface area contributed by atoms with Gasteiger partial charge < -0.3 is 26.0 Å². The second kappa shape index (κ2) is 12.0. The largest absolute Gasteiger partial charge is 0.444 e. The molecule has 9 heteroatoms. The number of nitrogens with one attached hydrogen (secondary N) is 2. The Kier molecular flexibility index (Phi) is 9.74. The van der Waals surface area contributed by atoms with Crippen molar-refractivity contribution in [2.24, 2.45) is 5.73 Å². The van der Waals surface area contributed by atoms with Gasteiger partial charge in [-0.15, -0.1) is 0 Å². The zero-order valence-corrected chi connectivity index (χ0v) is 23.6. The van der Waals surface area contributed by atoms with Crippen LogP contribution in [0.15, 0.2) is 18.2 Å². The van der Waals surface area contributed by atoms with Crippen molar-refractivity contribution in [3.05, 3.63) is 34.9 Å². The number of amides is 4. The van der Waals surface area contributed by atoms with Crippen LogP contribution in [0.2, 0.25) is 0 Å². The van der Waals surface area contributed by atoms with Gasteiger partial charge in [0.2, 0.25) is 17.7 Å². The highest BCUT2D eigenvalue weighted by Crippen LogP contribution is 2.35. The minimum atomic E-state index is -1.08. The quantitative estimate of drug-likeness (QED) is 0.459. The van der Waals surface area contributed by atoms with E-state index in [1.165, 1.54) is 0 Å². The summed E-state index contributed by atoms with van der Waals surface area (Å²) in [6.45, 7) is 14.7. The molecule has 0 aromatic heterocycles. The number of nitrogens with two attached hydrogens (primary N) is 1. The van der Waals surface area contributed by atoms with Crippen molar-refractivity contribution in [2.45, 2.75) is 117 Å². The molecule has 1 fully saturated rings. The molecule has 0 saturated heterocycles. The zero-order chi connectivity index (χ0) is 28.1. The summed E-state index contributed by atoms with van der Waals surface area (Å²) in [5.74, 6) is -1.33. The van der Waals surface area contributed by atoms with E-state index in [1.807, 2.05) is 52.8 Å². The van der Waals surface area contributed by atoms with Crippen molar-refractivity contribution in [1.82, 2.24) is 15.5 Å². The average Bonchev–Trinajstić information content (AvgIpc) is 2.67. The van der Waals surface area contributed by atoms with Crippen LogP contribution >= 0.6 is 0 Å². The van der Waals surface area contributed by atoms with E-state index in [1.54, 1.807) is 25.7 Å². The first kappa shape index (κ1) is 30.1. The maximum Gasteiger partial charge on any atom is 0.408 e. The van der Waals surface area contributed by atoms with Crippen LogP contribution in [0, 0.1) is 13.8 Å². The van der Waals surface area contributed by atoms with Gasteiger partial charge >= 0.3 is 6.09 Å². The Bertz CT molecular complexity index is 1000. The SMILES string of the molecule is Cc1ccc(C(C(=O)NC(C)(C)C)N(C(=O)C(CCC(N)=O)NC(=O)OC(C)(C)C)C2CCC2)c(C)c1. The monoisotopic (exact) mass is 516 g/mol. The van der Waals surface area contributed by atoms with E-state index < -0.39 is 41.1 Å². The molecule has 2 unspecified atom stereocenters. The van der Waals surface area contributed by atoms with Gasteiger partial charge in [0.25, 0.3) is 0 Å². The van der Waals surface area contributed by atoms with Crippen molar-refractivity contribution in [3.8, 4) is 0 Å². The van der Waals surface area contributed by atoms with E-state index in [0.717, 1.165) is 36.0 Å². The molecule has 0 aliphatic heterocycles. The van der Waals surface area contributed by atoms with Gasteiger partial charge in [-0.05, 0) is 92.2 Å². The number of rotatable bonds is 9. The van der Waals surface area contributed by atoms with Gasteiger partial charge in [-0.3, -0.25) is 14.4 Å². The summed E-state index contributed by atoms with van der Waals surface area (Å²) in [6, 6.07) is 3.62. The number of hydrogen-bond donors (Lipinski definition) is 3. The van der Waals surface area contributed by atoms with Gasteiger partial charge in [0.15, 0.2) is 0 Å². The van der Waals surface area contributed by atoms with Crippen LogP contribution in [0.5, 0.6) is 0 Å². The molecule has 2 rings (SSSR count). The number of ether oxygens (including phenoxy) is 1. The lowest BCUT2D eigenvalue weighted by molar-refractivity contribution is -0.148. The van der Waals surface area contributed by atoms with Gasteiger partial charge in [0, 0.05) is 18.0 Å². The molecule has 4 amide bonds. The van der Waals surface area contributed by atoms with Gasteiger partial charge in [-0.2, -0.15) is 0 Å². The first-order valence-electron chi connectivity index (χ1n) is 13.0. The number of carbonyl (C=O) groups is 4. The molecule has 206 valence electrons. The third kappa shape index (κ3) is 9.05. The Hall–Kier alpha value is -3.10. The maximum absolute atomic E-state index is 14.2. The number of aryl methyl sites for hydroxylation is 2. The molecule has 0 bridgehead atoms. The van der Waals surface area contributed by atoms with Crippen molar-refractivity contribution in [1.29, 1.82) is 0 Å². The minimum Gasteiger partial charge on any atom is -0.444 e. The highest BCUT2D eigenvalue weighted by atomic mass is 16.6. The predicted molar refractivity (Wildman–Crippen MR) is 143 cm³/mol. The van der Waals surface area contributed by atoms with Crippen LogP contribution < -0.4 is 16.4 Å². The number of hydrogen-bond acceptors (Lipinski definition) is 5. The fourth-order valence-corrected chi connectivity index (χ4v) is 4.34. The average molecular weight is 517 g/mol. The van der Waals surface area contributed by atoms with Crippen molar-refractivity contribution < 1.29 is 23.9 Å². The normalized spacial score (nSPS) is 15.7. The first-order chi connectivity index (χ1) is 17.0. The first-order valence-corrected chi connectivity index (χ1v) is 13.0. The molecule has 1 aliphatic carbocycles. The third-order valence-corrected chi connectivity index (χ3v) is 6.14. The molecule has 0 spiro atoms. The van der Waals surface area contributed by atoms with E-state index >= 15 is 0 Å². The minimum absolute atomic E-state index is 0.00286. The molecule has 0 heterocycles. The molecule has 1 aliphatic rings. The standard InChI is InChI=1S/C28H44N4O5/c1-17-12-13-20(18(2)16-17)23(24(34)31-27(3,4)5)32(19-10-9-11-19)25(35)21(14-15-22(29)33)30-26(36)37-28(6,7)8/h12-13,16,19,21,23H,9-11,14-15H2,1-8H3,(H2,29,33)(H,30,36)(H,31,34).